The SMILES string of the molecule is Cc1nccn1CC1CCc2c(c3cc(O)ccc3n2C)C1=O. The maximum absolute atomic E-state index is 13.1. The number of rotatable bonds is 2. The average molecular weight is 309 g/mol. The maximum Gasteiger partial charge on any atom is 0.170 e. The molecule has 1 unspecified atom stereocenters. The molecule has 3 aromatic rings. The Kier molecular flexibility index (Phi) is 3.04. The minimum atomic E-state index is -0.0386. The van der Waals surface area contributed by atoms with E-state index in [4.69, 9.17) is 0 Å². The van der Waals surface area contributed by atoms with Gasteiger partial charge >= 0.3 is 0 Å². The fourth-order valence-electron chi connectivity index (χ4n) is 3.71. The second-order valence-electron chi connectivity index (χ2n) is 6.31. The van der Waals surface area contributed by atoms with Crippen LogP contribution < -0.4 is 0 Å². The predicted octanol–water partition coefficient (Wildman–Crippen LogP) is 2.83. The highest BCUT2D eigenvalue weighted by Crippen LogP contribution is 2.35. The van der Waals surface area contributed by atoms with Crippen LogP contribution >= 0.6 is 0 Å². The van der Waals surface area contributed by atoms with E-state index in [0.29, 0.717) is 6.54 Å². The second-order valence-corrected chi connectivity index (χ2v) is 6.31. The van der Waals surface area contributed by atoms with Crippen LogP contribution in [0.15, 0.2) is 30.6 Å². The molecule has 0 saturated heterocycles. The van der Waals surface area contributed by atoms with E-state index in [1.54, 1.807) is 18.3 Å². The van der Waals surface area contributed by atoms with Crippen molar-refractivity contribution in [1.29, 1.82) is 0 Å². The molecule has 23 heavy (non-hydrogen) atoms. The Morgan fingerprint density at radius 3 is 2.96 bits per heavy atom. The number of hydrogen-bond acceptors (Lipinski definition) is 3. The smallest absolute Gasteiger partial charge is 0.170 e. The Morgan fingerprint density at radius 2 is 2.22 bits per heavy atom. The molecule has 5 nitrogen and oxygen atoms in total. The zero-order valence-corrected chi connectivity index (χ0v) is 13.3. The van der Waals surface area contributed by atoms with E-state index in [1.165, 1.54) is 0 Å². The van der Waals surface area contributed by atoms with E-state index < -0.39 is 0 Å². The zero-order valence-electron chi connectivity index (χ0n) is 13.3. The lowest BCUT2D eigenvalue weighted by Gasteiger charge is -2.23. The van der Waals surface area contributed by atoms with Crippen LogP contribution in [0.3, 0.4) is 0 Å². The molecule has 1 aliphatic carbocycles. The number of aromatic nitrogens is 3. The van der Waals surface area contributed by atoms with E-state index in [9.17, 15) is 9.90 Å². The number of phenolic OH excluding ortho intramolecular Hbond substituents is 1. The minimum absolute atomic E-state index is 0.0386. The Bertz CT molecular complexity index is 920. The highest BCUT2D eigenvalue weighted by Gasteiger charge is 2.32. The van der Waals surface area contributed by atoms with Gasteiger partial charge in [0.2, 0.25) is 0 Å². The summed E-state index contributed by atoms with van der Waals surface area (Å²) in [6.45, 7) is 2.62. The molecule has 5 heteroatoms. The first-order valence-corrected chi connectivity index (χ1v) is 7.88. The fraction of sp³-hybridized carbons (Fsp3) is 0.333. The van der Waals surface area contributed by atoms with Gasteiger partial charge in [0.15, 0.2) is 5.78 Å². The van der Waals surface area contributed by atoms with Gasteiger partial charge in [-0.2, -0.15) is 0 Å². The number of hydrogen-bond donors (Lipinski definition) is 1. The maximum atomic E-state index is 13.1. The van der Waals surface area contributed by atoms with Crippen LogP contribution in [0.2, 0.25) is 0 Å². The monoisotopic (exact) mass is 309 g/mol. The Balaban J connectivity index is 1.79. The molecule has 1 aliphatic rings. The van der Waals surface area contributed by atoms with Gasteiger partial charge in [0, 0.05) is 54.1 Å². The number of Topliss-reactive ketones (excluding diaryl/α,β-unsaturated/α-hetero) is 1. The van der Waals surface area contributed by atoms with Gasteiger partial charge in [-0.3, -0.25) is 4.79 Å². The molecule has 0 amide bonds. The lowest BCUT2D eigenvalue weighted by Crippen LogP contribution is -2.27. The van der Waals surface area contributed by atoms with Crippen LogP contribution in [-0.4, -0.2) is 25.0 Å². The first-order valence-electron chi connectivity index (χ1n) is 7.88. The lowest BCUT2D eigenvalue weighted by molar-refractivity contribution is 0.0888. The molecular weight excluding hydrogens is 290 g/mol. The molecule has 2 aromatic heterocycles. The van der Waals surface area contributed by atoms with Gasteiger partial charge < -0.3 is 14.2 Å². The second kappa shape index (κ2) is 4.98. The molecule has 1 atom stereocenters. The number of carbonyl (C=O) groups excluding carboxylic acids is 1. The molecule has 118 valence electrons. The molecule has 0 bridgehead atoms. The van der Waals surface area contributed by atoms with Crippen molar-refractivity contribution in [2.24, 2.45) is 13.0 Å². The summed E-state index contributed by atoms with van der Waals surface area (Å²) in [5, 5.41) is 10.7. The summed E-state index contributed by atoms with van der Waals surface area (Å²) in [6.07, 6.45) is 5.42. The predicted molar refractivity (Wildman–Crippen MR) is 87.7 cm³/mol. The van der Waals surface area contributed by atoms with Gasteiger partial charge in [-0.1, -0.05) is 0 Å². The van der Waals surface area contributed by atoms with E-state index in [0.717, 1.165) is 40.8 Å². The first kappa shape index (κ1) is 14.1. The van der Waals surface area contributed by atoms with E-state index in [1.807, 2.05) is 30.8 Å². The molecule has 0 spiro atoms. The number of ketones is 1. The fourth-order valence-corrected chi connectivity index (χ4v) is 3.71. The van der Waals surface area contributed by atoms with Crippen LogP contribution in [0.5, 0.6) is 5.75 Å². The van der Waals surface area contributed by atoms with E-state index in [2.05, 4.69) is 9.55 Å². The molecule has 2 heterocycles. The summed E-state index contributed by atoms with van der Waals surface area (Å²) in [7, 11) is 1.99. The number of benzene rings is 1. The standard InChI is InChI=1S/C18H19N3O2/c1-11-19-7-8-21(11)10-12-3-5-16-17(18(12)23)14-9-13(22)4-6-15(14)20(16)2/h4,6-9,12,22H,3,5,10H2,1-2H3. The third-order valence-electron chi connectivity index (χ3n) is 4.99. The highest BCUT2D eigenvalue weighted by atomic mass is 16.3. The summed E-state index contributed by atoms with van der Waals surface area (Å²) in [6, 6.07) is 5.26. The summed E-state index contributed by atoms with van der Waals surface area (Å²) < 4.78 is 4.12. The average Bonchev–Trinajstić information content (AvgIpc) is 3.05. The summed E-state index contributed by atoms with van der Waals surface area (Å²) in [5.41, 5.74) is 2.86. The molecular formula is C18H19N3O2. The molecule has 0 radical (unpaired) electrons. The van der Waals surface area contributed by atoms with Crippen LogP contribution in [0.1, 0.15) is 28.3 Å². The number of aryl methyl sites for hydroxylation is 2. The third-order valence-corrected chi connectivity index (χ3v) is 4.99. The van der Waals surface area contributed by atoms with Crippen molar-refractivity contribution in [3.63, 3.8) is 0 Å². The topological polar surface area (TPSA) is 60.0 Å². The number of aromatic hydroxyl groups is 1. The third kappa shape index (κ3) is 2.07. The van der Waals surface area contributed by atoms with Crippen LogP contribution in [0.4, 0.5) is 0 Å². The van der Waals surface area contributed by atoms with Crippen molar-refractivity contribution >= 4 is 16.7 Å². The normalized spacial score (nSPS) is 17.7. The quantitative estimate of drug-likeness (QED) is 0.792. The molecule has 1 N–H and O–H groups in total. The number of carbonyl (C=O) groups is 1. The molecule has 0 saturated carbocycles. The first-order chi connectivity index (χ1) is 11.1. The molecule has 0 aliphatic heterocycles. The van der Waals surface area contributed by atoms with Crippen molar-refractivity contribution in [2.75, 3.05) is 0 Å². The molecule has 4 rings (SSSR count). The minimum Gasteiger partial charge on any atom is -0.508 e. The lowest BCUT2D eigenvalue weighted by atomic mass is 9.85. The van der Waals surface area contributed by atoms with Crippen molar-refractivity contribution < 1.29 is 9.90 Å². The van der Waals surface area contributed by atoms with Gasteiger partial charge in [0.05, 0.1) is 0 Å². The van der Waals surface area contributed by atoms with Gasteiger partial charge in [-0.05, 0) is 38.0 Å². The summed E-state index contributed by atoms with van der Waals surface area (Å²) >= 11 is 0. The van der Waals surface area contributed by atoms with E-state index in [-0.39, 0.29) is 17.5 Å². The number of imidazole rings is 1. The van der Waals surface area contributed by atoms with Crippen LogP contribution in [0.25, 0.3) is 10.9 Å². The van der Waals surface area contributed by atoms with Crippen molar-refractivity contribution in [3.8, 4) is 5.75 Å². The van der Waals surface area contributed by atoms with Crippen LogP contribution in [0, 0.1) is 12.8 Å². The van der Waals surface area contributed by atoms with E-state index >= 15 is 0 Å². The Morgan fingerprint density at radius 1 is 1.39 bits per heavy atom. The summed E-state index contributed by atoms with van der Waals surface area (Å²) in [4.78, 5) is 17.3. The molecule has 0 fully saturated rings. The Hall–Kier alpha value is -2.56. The largest absolute Gasteiger partial charge is 0.508 e. The van der Waals surface area contributed by atoms with Crippen molar-refractivity contribution in [2.45, 2.75) is 26.3 Å². The number of fused-ring (bicyclic) bond motifs is 3. The molecule has 1 aromatic carbocycles. The van der Waals surface area contributed by atoms with Gasteiger partial charge in [-0.25, -0.2) is 4.98 Å². The number of nitrogens with zero attached hydrogens (tertiary/aromatic N) is 3. The van der Waals surface area contributed by atoms with Gasteiger partial charge in [0.1, 0.15) is 11.6 Å². The zero-order chi connectivity index (χ0) is 16.1. The van der Waals surface area contributed by atoms with Crippen molar-refractivity contribution in [3.05, 3.63) is 47.7 Å². The summed E-state index contributed by atoms with van der Waals surface area (Å²) in [5.74, 6) is 1.27. The Labute approximate surface area is 134 Å². The highest BCUT2D eigenvalue weighted by molar-refractivity contribution is 6.11. The number of phenols is 1. The van der Waals surface area contributed by atoms with Gasteiger partial charge in [-0.15, -0.1) is 0 Å². The van der Waals surface area contributed by atoms with Crippen LogP contribution in [-0.2, 0) is 20.0 Å². The van der Waals surface area contributed by atoms with Gasteiger partial charge in [0.25, 0.3) is 0 Å². The van der Waals surface area contributed by atoms with Crippen molar-refractivity contribution in [1.82, 2.24) is 14.1 Å².